The van der Waals surface area contributed by atoms with E-state index in [-0.39, 0.29) is 10.6 Å². The molecule has 0 spiro atoms. The van der Waals surface area contributed by atoms with Crippen LogP contribution in [0, 0.1) is 5.82 Å². The minimum Gasteiger partial charge on any atom is -0.493 e. The van der Waals surface area contributed by atoms with Crippen LogP contribution >= 0.6 is 0 Å². The molecule has 0 radical (unpaired) electrons. The number of anilines is 1. The van der Waals surface area contributed by atoms with Gasteiger partial charge in [-0.3, -0.25) is 9.10 Å². The minimum atomic E-state index is -4.23. The smallest absolute Gasteiger partial charge is 0.264 e. The predicted molar refractivity (Wildman–Crippen MR) is 127 cm³/mol. The summed E-state index contributed by atoms with van der Waals surface area (Å²) < 4.78 is 52.2. The van der Waals surface area contributed by atoms with Crippen molar-refractivity contribution in [2.45, 2.75) is 11.8 Å². The van der Waals surface area contributed by atoms with Crippen LogP contribution in [-0.4, -0.2) is 40.8 Å². The largest absolute Gasteiger partial charge is 0.493 e. The molecule has 3 aromatic carbocycles. The van der Waals surface area contributed by atoms with E-state index in [0.717, 1.165) is 6.07 Å². The first-order valence-corrected chi connectivity index (χ1v) is 11.6. The molecular formula is C24H24FN3O5S. The van der Waals surface area contributed by atoms with Crippen molar-refractivity contribution in [1.29, 1.82) is 0 Å². The van der Waals surface area contributed by atoms with E-state index in [0.29, 0.717) is 27.1 Å². The molecule has 1 amide bonds. The molecule has 0 saturated heterocycles. The highest BCUT2D eigenvalue weighted by Crippen LogP contribution is 2.28. The fraction of sp³-hybridized carbons (Fsp3) is 0.167. The van der Waals surface area contributed by atoms with Crippen LogP contribution in [0.4, 0.5) is 10.1 Å². The van der Waals surface area contributed by atoms with Gasteiger partial charge in [-0.25, -0.2) is 18.2 Å². The van der Waals surface area contributed by atoms with Gasteiger partial charge >= 0.3 is 0 Å². The number of carbonyl (C=O) groups excluding carboxylic acids is 1. The van der Waals surface area contributed by atoms with Crippen molar-refractivity contribution < 1.29 is 27.1 Å². The van der Waals surface area contributed by atoms with Gasteiger partial charge in [0, 0.05) is 5.56 Å². The van der Waals surface area contributed by atoms with E-state index in [1.165, 1.54) is 44.6 Å². The van der Waals surface area contributed by atoms with Crippen LogP contribution in [0.5, 0.6) is 11.5 Å². The van der Waals surface area contributed by atoms with E-state index in [9.17, 15) is 17.6 Å². The Morgan fingerprint density at radius 2 is 1.62 bits per heavy atom. The molecule has 10 heteroatoms. The number of hydrogen-bond donors (Lipinski definition) is 1. The number of benzene rings is 3. The Morgan fingerprint density at radius 3 is 2.26 bits per heavy atom. The second-order valence-electron chi connectivity index (χ2n) is 7.08. The van der Waals surface area contributed by atoms with Gasteiger partial charge < -0.3 is 9.47 Å². The number of para-hydroxylation sites is 1. The van der Waals surface area contributed by atoms with Crippen LogP contribution in [0.1, 0.15) is 12.5 Å². The van der Waals surface area contributed by atoms with E-state index in [1.807, 2.05) is 0 Å². The molecule has 3 aromatic rings. The molecule has 0 saturated carbocycles. The topological polar surface area (TPSA) is 97.3 Å². The van der Waals surface area contributed by atoms with E-state index >= 15 is 0 Å². The van der Waals surface area contributed by atoms with Crippen molar-refractivity contribution in [2.75, 3.05) is 25.1 Å². The number of methoxy groups -OCH3 is 2. The average molecular weight is 486 g/mol. The third-order valence-electron chi connectivity index (χ3n) is 4.89. The van der Waals surface area contributed by atoms with Crippen LogP contribution in [-0.2, 0) is 14.8 Å². The Bertz CT molecular complexity index is 1300. The first kappa shape index (κ1) is 24.7. The van der Waals surface area contributed by atoms with Gasteiger partial charge in [-0.15, -0.1) is 0 Å². The van der Waals surface area contributed by atoms with Crippen molar-refractivity contribution in [3.05, 3.63) is 84.2 Å². The average Bonchev–Trinajstić information content (AvgIpc) is 2.86. The lowest BCUT2D eigenvalue weighted by molar-refractivity contribution is -0.119. The molecule has 8 nitrogen and oxygen atoms in total. The number of nitrogens with one attached hydrogen (secondary N) is 1. The highest BCUT2D eigenvalue weighted by Gasteiger charge is 2.29. The molecule has 0 heterocycles. The summed E-state index contributed by atoms with van der Waals surface area (Å²) in [6.07, 6.45) is 0. The maximum atomic E-state index is 14.5. The molecule has 0 fully saturated rings. The predicted octanol–water partition coefficient (Wildman–Crippen LogP) is 3.58. The number of halogens is 1. The van der Waals surface area contributed by atoms with Gasteiger partial charge in [-0.05, 0) is 49.4 Å². The van der Waals surface area contributed by atoms with Crippen molar-refractivity contribution >= 4 is 27.3 Å². The summed E-state index contributed by atoms with van der Waals surface area (Å²) >= 11 is 0. The van der Waals surface area contributed by atoms with E-state index < -0.39 is 28.3 Å². The Kier molecular flexibility index (Phi) is 7.85. The SMILES string of the molecule is COc1ccc(/C(C)=N\NC(=O)CN(c2ccccc2F)S(=O)(=O)c2ccccc2)cc1OC. The number of hydrazone groups is 1. The van der Waals surface area contributed by atoms with Crippen molar-refractivity contribution in [3.63, 3.8) is 0 Å². The summed E-state index contributed by atoms with van der Waals surface area (Å²) in [6, 6.07) is 18.0. The third kappa shape index (κ3) is 5.52. The first-order chi connectivity index (χ1) is 16.3. The molecule has 0 atom stereocenters. The number of ether oxygens (including phenoxy) is 2. The normalized spacial score (nSPS) is 11.6. The highest BCUT2D eigenvalue weighted by atomic mass is 32.2. The molecule has 1 N–H and O–H groups in total. The molecule has 0 aliphatic rings. The summed E-state index contributed by atoms with van der Waals surface area (Å²) in [4.78, 5) is 12.6. The van der Waals surface area contributed by atoms with Crippen LogP contribution in [0.3, 0.4) is 0 Å². The molecule has 0 bridgehead atoms. The number of hydrogen-bond acceptors (Lipinski definition) is 6. The van der Waals surface area contributed by atoms with Crippen molar-refractivity contribution in [3.8, 4) is 11.5 Å². The summed E-state index contributed by atoms with van der Waals surface area (Å²) in [5, 5.41) is 4.05. The van der Waals surface area contributed by atoms with Gasteiger partial charge in [0.25, 0.3) is 15.9 Å². The number of nitrogens with zero attached hydrogens (tertiary/aromatic N) is 2. The van der Waals surface area contributed by atoms with Gasteiger partial charge in [0.15, 0.2) is 11.5 Å². The van der Waals surface area contributed by atoms with Gasteiger partial charge in [0.05, 0.1) is 30.5 Å². The number of amides is 1. The fourth-order valence-corrected chi connectivity index (χ4v) is 4.56. The van der Waals surface area contributed by atoms with E-state index in [1.54, 1.807) is 43.3 Å². The second-order valence-corrected chi connectivity index (χ2v) is 8.94. The van der Waals surface area contributed by atoms with E-state index in [2.05, 4.69) is 10.5 Å². The number of carbonyl (C=O) groups is 1. The van der Waals surface area contributed by atoms with Gasteiger partial charge in [0.1, 0.15) is 12.4 Å². The maximum absolute atomic E-state index is 14.5. The summed E-state index contributed by atoms with van der Waals surface area (Å²) in [6.45, 7) is 0.984. The first-order valence-electron chi connectivity index (χ1n) is 10.2. The zero-order chi connectivity index (χ0) is 24.7. The number of sulfonamides is 1. The summed E-state index contributed by atoms with van der Waals surface area (Å²) in [7, 11) is -1.21. The lowest BCUT2D eigenvalue weighted by Gasteiger charge is -2.24. The molecule has 0 aromatic heterocycles. The van der Waals surface area contributed by atoms with Crippen LogP contribution in [0.2, 0.25) is 0 Å². The van der Waals surface area contributed by atoms with Crippen molar-refractivity contribution in [2.24, 2.45) is 5.10 Å². The zero-order valence-corrected chi connectivity index (χ0v) is 19.7. The van der Waals surface area contributed by atoms with Gasteiger partial charge in [-0.1, -0.05) is 30.3 Å². The summed E-state index contributed by atoms with van der Waals surface area (Å²) in [5.41, 5.74) is 3.19. The van der Waals surface area contributed by atoms with E-state index in [4.69, 9.17) is 9.47 Å². The minimum absolute atomic E-state index is 0.0731. The Labute approximate surface area is 197 Å². The molecule has 0 aliphatic carbocycles. The molecular weight excluding hydrogens is 461 g/mol. The van der Waals surface area contributed by atoms with Crippen LogP contribution in [0.15, 0.2) is 82.8 Å². The Hall–Kier alpha value is -3.92. The molecule has 3 rings (SSSR count). The lowest BCUT2D eigenvalue weighted by atomic mass is 10.1. The molecule has 178 valence electrons. The Balaban J connectivity index is 1.86. The standard InChI is InChI=1S/C24H24FN3O5S/c1-17(18-13-14-22(32-2)23(15-18)33-3)26-27-24(29)16-28(21-12-8-7-11-20(21)25)34(30,31)19-9-5-4-6-10-19/h4-15H,16H2,1-3H3,(H,27,29)/b26-17-. The van der Waals surface area contributed by atoms with Crippen molar-refractivity contribution in [1.82, 2.24) is 5.43 Å². The monoisotopic (exact) mass is 485 g/mol. The summed E-state index contributed by atoms with van der Waals surface area (Å²) in [5.74, 6) is -0.502. The second kappa shape index (κ2) is 10.8. The van der Waals surface area contributed by atoms with Crippen LogP contribution in [0.25, 0.3) is 0 Å². The third-order valence-corrected chi connectivity index (χ3v) is 6.66. The zero-order valence-electron chi connectivity index (χ0n) is 18.9. The molecule has 34 heavy (non-hydrogen) atoms. The van der Waals surface area contributed by atoms with Gasteiger partial charge in [-0.2, -0.15) is 5.10 Å². The Morgan fingerprint density at radius 1 is 0.971 bits per heavy atom. The quantitative estimate of drug-likeness (QED) is 0.369. The molecule has 0 aliphatic heterocycles. The number of rotatable bonds is 9. The van der Waals surface area contributed by atoms with Crippen LogP contribution < -0.4 is 19.2 Å². The molecule has 0 unspecified atom stereocenters. The van der Waals surface area contributed by atoms with Gasteiger partial charge in [0.2, 0.25) is 0 Å². The maximum Gasteiger partial charge on any atom is 0.264 e. The fourth-order valence-electron chi connectivity index (χ4n) is 3.11. The lowest BCUT2D eigenvalue weighted by Crippen LogP contribution is -2.40. The highest BCUT2D eigenvalue weighted by molar-refractivity contribution is 7.92.